The zero-order valence-corrected chi connectivity index (χ0v) is 51.5. The van der Waals surface area contributed by atoms with Crippen LogP contribution in [0.5, 0.6) is 0 Å². The molecule has 15 aromatic rings. The first-order valence-corrected chi connectivity index (χ1v) is 29.2. The number of fused-ring (bicyclic) bond motifs is 9. The van der Waals surface area contributed by atoms with E-state index in [0.717, 1.165) is 135 Å². The Morgan fingerprint density at radius 2 is 0.637 bits per heavy atom. The van der Waals surface area contributed by atoms with Crippen LogP contribution in [-0.2, 0) is 39.4 Å². The SMILES string of the molecule is CCc1c[c-]c(-c2cc(-c3ccccc3[N+](=O)[O-])ccn2)c2oc3ccccc3c12.CCc1c[c-]c(-c2cc(-c3ccccc3[N+](=O)[O-])ccn2)c2oc3ccccc3c12.CCc1c[c-]c(-c2cc(-c3ccccc3[N+](=O)[O-])ccn2)c2oc3ccccc3c12.[Ir+3]. The van der Waals surface area contributed by atoms with Crippen molar-refractivity contribution in [1.29, 1.82) is 0 Å². The van der Waals surface area contributed by atoms with Gasteiger partial charge < -0.3 is 28.2 Å². The molecule has 444 valence electrons. The van der Waals surface area contributed by atoms with E-state index in [-0.39, 0.29) is 51.9 Å². The minimum atomic E-state index is -0.366. The van der Waals surface area contributed by atoms with Gasteiger partial charge in [0.05, 0.1) is 48.2 Å². The maximum atomic E-state index is 11.5. The average Bonchev–Trinajstić information content (AvgIpc) is 1.72. The Morgan fingerprint density at radius 3 is 0.912 bits per heavy atom. The molecule has 0 saturated heterocycles. The summed E-state index contributed by atoms with van der Waals surface area (Å²) in [5.74, 6) is 0. The third-order valence-corrected chi connectivity index (χ3v) is 16.0. The van der Waals surface area contributed by atoms with E-state index in [1.807, 2.05) is 91.0 Å². The van der Waals surface area contributed by atoms with Gasteiger partial charge in [-0.15, -0.1) is 53.1 Å². The van der Waals surface area contributed by atoms with Crippen molar-refractivity contribution in [2.75, 3.05) is 0 Å². The van der Waals surface area contributed by atoms with Gasteiger partial charge in [0.1, 0.15) is 16.7 Å². The standard InChI is InChI=1S/3C25H17N2O3.Ir/c3*1-2-16-11-12-19(25-24(16)20-8-4-6-10-23(20)30-25)21-15-17(13-14-26-21)18-7-3-5-9-22(18)27(28)29;/h3*3-11,13-15H,2H2,1H3;/q3*-1;+3. The molecule has 6 aromatic heterocycles. The number of nitro benzene ring substituents is 3. The van der Waals surface area contributed by atoms with E-state index < -0.39 is 0 Å². The third-order valence-electron chi connectivity index (χ3n) is 16.0. The van der Waals surface area contributed by atoms with E-state index in [1.54, 1.807) is 91.4 Å². The molecule has 15 nitrogen and oxygen atoms in total. The van der Waals surface area contributed by atoms with Gasteiger partial charge in [-0.2, -0.15) is 0 Å². The van der Waals surface area contributed by atoms with E-state index in [1.165, 1.54) is 18.2 Å². The van der Waals surface area contributed by atoms with Crippen molar-refractivity contribution in [3.8, 4) is 67.2 Å². The number of aromatic nitrogens is 3. The van der Waals surface area contributed by atoms with Crippen molar-refractivity contribution in [3.05, 3.63) is 284 Å². The summed E-state index contributed by atoms with van der Waals surface area (Å²) in [6.45, 7) is 6.33. The molecular formula is C75H51IrN6O9. The van der Waals surface area contributed by atoms with Crippen molar-refractivity contribution >= 4 is 82.9 Å². The number of benzene rings is 9. The minimum absolute atomic E-state index is 0. The molecule has 0 unspecified atom stereocenters. The Kier molecular flexibility index (Phi) is 17.0. The van der Waals surface area contributed by atoms with Gasteiger partial charge in [-0.25, -0.2) is 0 Å². The predicted molar refractivity (Wildman–Crippen MR) is 352 cm³/mol. The maximum Gasteiger partial charge on any atom is 3.00 e. The van der Waals surface area contributed by atoms with Crippen molar-refractivity contribution in [3.63, 3.8) is 0 Å². The van der Waals surface area contributed by atoms with Gasteiger partial charge in [-0.1, -0.05) is 182 Å². The Morgan fingerprint density at radius 1 is 0.374 bits per heavy atom. The van der Waals surface area contributed by atoms with Gasteiger partial charge >= 0.3 is 20.1 Å². The molecule has 16 heteroatoms. The molecule has 0 saturated carbocycles. The van der Waals surface area contributed by atoms with E-state index >= 15 is 0 Å². The van der Waals surface area contributed by atoms with Crippen LogP contribution in [0, 0.1) is 48.5 Å². The molecule has 0 amide bonds. The summed E-state index contributed by atoms with van der Waals surface area (Å²) in [7, 11) is 0. The third kappa shape index (κ3) is 11.4. The molecule has 15 rings (SSSR count). The number of hydrogen-bond acceptors (Lipinski definition) is 12. The fourth-order valence-corrected chi connectivity index (χ4v) is 11.8. The summed E-state index contributed by atoms with van der Waals surface area (Å²) < 4.78 is 18.6. The predicted octanol–water partition coefficient (Wildman–Crippen LogP) is 19.8. The zero-order valence-electron chi connectivity index (χ0n) is 49.1. The van der Waals surface area contributed by atoms with Gasteiger partial charge in [0.25, 0.3) is 17.1 Å². The first-order valence-electron chi connectivity index (χ1n) is 29.2. The molecular weight excluding hydrogens is 1320 g/mol. The molecule has 6 heterocycles. The van der Waals surface area contributed by atoms with Crippen LogP contribution in [0.4, 0.5) is 17.1 Å². The monoisotopic (exact) mass is 1370 g/mol. The van der Waals surface area contributed by atoms with Crippen molar-refractivity contribution in [1.82, 2.24) is 15.0 Å². The van der Waals surface area contributed by atoms with E-state index in [4.69, 9.17) is 13.3 Å². The second-order valence-corrected chi connectivity index (χ2v) is 21.1. The molecule has 9 aromatic carbocycles. The van der Waals surface area contributed by atoms with E-state index in [9.17, 15) is 30.3 Å². The van der Waals surface area contributed by atoms with Crippen LogP contribution in [0.1, 0.15) is 37.5 Å². The van der Waals surface area contributed by atoms with Crippen molar-refractivity contribution in [2.24, 2.45) is 0 Å². The van der Waals surface area contributed by atoms with E-state index in [2.05, 4.69) is 72.1 Å². The summed E-state index contributed by atoms with van der Waals surface area (Å²) in [6.07, 6.45) is 7.58. The van der Waals surface area contributed by atoms with Gasteiger partial charge in [-0.05, 0) is 88.4 Å². The molecule has 0 aliphatic rings. The minimum Gasteiger partial charge on any atom is -0.501 e. The number of aryl methyl sites for hydroxylation is 3. The first kappa shape index (κ1) is 60.0. The summed E-state index contributed by atoms with van der Waals surface area (Å²) in [6, 6.07) is 70.9. The number of rotatable bonds is 12. The van der Waals surface area contributed by atoms with Crippen LogP contribution in [0.15, 0.2) is 232 Å². The number of para-hydroxylation sites is 6. The van der Waals surface area contributed by atoms with Crippen LogP contribution in [-0.4, -0.2) is 29.7 Å². The Balaban J connectivity index is 0.000000131. The fourth-order valence-electron chi connectivity index (χ4n) is 11.8. The van der Waals surface area contributed by atoms with Gasteiger partial charge in [-0.3, -0.25) is 30.3 Å². The van der Waals surface area contributed by atoms with Crippen molar-refractivity contribution < 1.29 is 48.1 Å². The van der Waals surface area contributed by atoms with Crippen LogP contribution in [0.3, 0.4) is 0 Å². The fraction of sp³-hybridized carbons (Fsp3) is 0.0800. The van der Waals surface area contributed by atoms with Gasteiger partial charge in [0, 0.05) is 52.9 Å². The molecule has 0 atom stereocenters. The number of pyridine rings is 3. The second-order valence-electron chi connectivity index (χ2n) is 21.1. The largest absolute Gasteiger partial charge is 3.00 e. The van der Waals surface area contributed by atoms with Gasteiger partial charge in [0.15, 0.2) is 0 Å². The topological polar surface area (TPSA) is 208 Å². The summed E-state index contributed by atoms with van der Waals surface area (Å²) in [5, 5.41) is 40.8. The number of nitro groups is 3. The number of furan rings is 3. The molecule has 0 bridgehead atoms. The van der Waals surface area contributed by atoms with Gasteiger partial charge in [0.2, 0.25) is 0 Å². The molecule has 0 aliphatic carbocycles. The number of hydrogen-bond donors (Lipinski definition) is 0. The summed E-state index contributed by atoms with van der Waals surface area (Å²) in [4.78, 5) is 46.9. The zero-order chi connectivity index (χ0) is 62.0. The molecule has 91 heavy (non-hydrogen) atoms. The first-order chi connectivity index (χ1) is 44.0. The smallest absolute Gasteiger partial charge is 0.501 e. The van der Waals surface area contributed by atoms with Crippen LogP contribution >= 0.6 is 0 Å². The van der Waals surface area contributed by atoms with Crippen LogP contribution in [0.25, 0.3) is 133 Å². The van der Waals surface area contributed by atoms with Crippen LogP contribution in [0.2, 0.25) is 0 Å². The molecule has 0 N–H and O–H groups in total. The molecule has 0 spiro atoms. The molecule has 0 radical (unpaired) electrons. The second kappa shape index (κ2) is 25.8. The Labute approximate surface area is 534 Å². The Bertz CT molecular complexity index is 4780. The summed E-state index contributed by atoms with van der Waals surface area (Å²) >= 11 is 0. The molecule has 0 fully saturated rings. The Hall–Kier alpha value is -11.3. The van der Waals surface area contributed by atoms with Crippen LogP contribution < -0.4 is 0 Å². The maximum absolute atomic E-state index is 11.5. The normalized spacial score (nSPS) is 11.1. The summed E-state index contributed by atoms with van der Waals surface area (Å²) in [5.41, 5.74) is 16.4. The average molecular weight is 1370 g/mol. The molecule has 0 aliphatic heterocycles. The quantitative estimate of drug-likeness (QED) is 0.0636. The number of nitrogens with zero attached hydrogens (tertiary/aromatic N) is 6. The van der Waals surface area contributed by atoms with E-state index in [0.29, 0.717) is 33.8 Å². The van der Waals surface area contributed by atoms with Crippen molar-refractivity contribution in [2.45, 2.75) is 40.0 Å².